The fourth-order valence-electron chi connectivity index (χ4n) is 4.11. The lowest BCUT2D eigenvalue weighted by atomic mass is 9.84. The second-order valence-electron chi connectivity index (χ2n) is 7.21. The number of nitrogens with one attached hydrogen (secondary N) is 1. The highest BCUT2D eigenvalue weighted by Crippen LogP contribution is 2.26. The van der Waals surface area contributed by atoms with Gasteiger partial charge in [0.25, 0.3) is 0 Å². The van der Waals surface area contributed by atoms with Crippen molar-refractivity contribution in [2.75, 3.05) is 20.1 Å². The molecule has 0 aromatic carbocycles. The van der Waals surface area contributed by atoms with Gasteiger partial charge in [-0.25, -0.2) is 0 Å². The first kappa shape index (κ1) is 16.3. The minimum Gasteiger partial charge on any atom is -0.314 e. The standard InChI is InChI=1S/C18H36N2/c1-3-16-10-12-17(13-11-16)19-14-7-15-20(2)18-8-5-4-6-9-18/h16-19H,3-15H2,1-2H3. The van der Waals surface area contributed by atoms with Gasteiger partial charge in [0.2, 0.25) is 0 Å². The molecular formula is C18H36N2. The summed E-state index contributed by atoms with van der Waals surface area (Å²) in [5, 5.41) is 3.80. The Morgan fingerprint density at radius 1 is 0.950 bits per heavy atom. The molecule has 2 aliphatic carbocycles. The Bertz CT molecular complexity index is 240. The van der Waals surface area contributed by atoms with E-state index in [2.05, 4.69) is 24.2 Å². The van der Waals surface area contributed by atoms with E-state index < -0.39 is 0 Å². The van der Waals surface area contributed by atoms with Gasteiger partial charge in [-0.3, -0.25) is 0 Å². The highest BCUT2D eigenvalue weighted by atomic mass is 15.1. The number of hydrogen-bond acceptors (Lipinski definition) is 2. The van der Waals surface area contributed by atoms with E-state index in [-0.39, 0.29) is 0 Å². The lowest BCUT2D eigenvalue weighted by Gasteiger charge is -2.32. The molecule has 0 bridgehead atoms. The maximum atomic E-state index is 3.80. The smallest absolute Gasteiger partial charge is 0.00922 e. The molecule has 0 radical (unpaired) electrons. The van der Waals surface area contributed by atoms with Crippen molar-refractivity contribution in [2.24, 2.45) is 5.92 Å². The van der Waals surface area contributed by atoms with Crippen LogP contribution in [0.4, 0.5) is 0 Å². The van der Waals surface area contributed by atoms with Crippen LogP contribution in [0.2, 0.25) is 0 Å². The second kappa shape index (κ2) is 9.04. The molecule has 2 nitrogen and oxygen atoms in total. The molecule has 0 unspecified atom stereocenters. The van der Waals surface area contributed by atoms with E-state index in [9.17, 15) is 0 Å². The third kappa shape index (κ3) is 5.37. The topological polar surface area (TPSA) is 15.3 Å². The van der Waals surface area contributed by atoms with Crippen molar-refractivity contribution in [2.45, 2.75) is 89.6 Å². The number of nitrogens with zero attached hydrogens (tertiary/aromatic N) is 1. The molecule has 0 spiro atoms. The molecule has 1 N–H and O–H groups in total. The third-order valence-corrected chi connectivity index (χ3v) is 5.74. The van der Waals surface area contributed by atoms with Gasteiger partial charge in [0.05, 0.1) is 0 Å². The van der Waals surface area contributed by atoms with Crippen LogP contribution >= 0.6 is 0 Å². The molecule has 0 aliphatic heterocycles. The van der Waals surface area contributed by atoms with Gasteiger partial charge in [-0.2, -0.15) is 0 Å². The lowest BCUT2D eigenvalue weighted by molar-refractivity contribution is 0.187. The normalized spacial score (nSPS) is 28.9. The Kier molecular flexibility index (Phi) is 7.37. The zero-order valence-electron chi connectivity index (χ0n) is 13.9. The Hall–Kier alpha value is -0.0800. The molecule has 20 heavy (non-hydrogen) atoms. The van der Waals surface area contributed by atoms with Crippen LogP contribution in [0.3, 0.4) is 0 Å². The van der Waals surface area contributed by atoms with Crippen molar-refractivity contribution < 1.29 is 0 Å². The average Bonchev–Trinajstić information content (AvgIpc) is 2.53. The molecular weight excluding hydrogens is 244 g/mol. The van der Waals surface area contributed by atoms with E-state index >= 15 is 0 Å². The highest BCUT2D eigenvalue weighted by molar-refractivity contribution is 4.77. The highest BCUT2D eigenvalue weighted by Gasteiger charge is 2.20. The molecule has 0 heterocycles. The molecule has 0 saturated heterocycles. The summed E-state index contributed by atoms with van der Waals surface area (Å²) in [6.07, 6.45) is 15.7. The molecule has 0 aromatic heterocycles. The predicted octanol–water partition coefficient (Wildman–Crippen LogP) is 4.20. The van der Waals surface area contributed by atoms with Crippen molar-refractivity contribution in [1.82, 2.24) is 10.2 Å². The first-order chi connectivity index (χ1) is 9.79. The SMILES string of the molecule is CCC1CCC(NCCCN(C)C2CCCCC2)CC1. The second-order valence-corrected chi connectivity index (χ2v) is 7.21. The molecule has 0 aromatic rings. The molecule has 2 heteroatoms. The molecule has 0 atom stereocenters. The zero-order valence-corrected chi connectivity index (χ0v) is 13.9. The van der Waals surface area contributed by atoms with Gasteiger partial charge in [0, 0.05) is 12.1 Å². The summed E-state index contributed by atoms with van der Waals surface area (Å²) in [6.45, 7) is 4.85. The summed E-state index contributed by atoms with van der Waals surface area (Å²) < 4.78 is 0. The maximum absolute atomic E-state index is 3.80. The molecule has 2 saturated carbocycles. The van der Waals surface area contributed by atoms with Crippen molar-refractivity contribution in [3.05, 3.63) is 0 Å². The Labute approximate surface area is 126 Å². The van der Waals surface area contributed by atoms with E-state index in [0.29, 0.717) is 0 Å². The van der Waals surface area contributed by atoms with Gasteiger partial charge in [-0.15, -0.1) is 0 Å². The fraction of sp³-hybridized carbons (Fsp3) is 1.00. The van der Waals surface area contributed by atoms with Crippen LogP contribution < -0.4 is 5.32 Å². The summed E-state index contributed by atoms with van der Waals surface area (Å²) in [5.41, 5.74) is 0. The molecule has 0 amide bonds. The zero-order chi connectivity index (χ0) is 14.2. The van der Waals surface area contributed by atoms with Crippen LogP contribution in [0.5, 0.6) is 0 Å². The van der Waals surface area contributed by atoms with E-state index in [0.717, 1.165) is 18.0 Å². The molecule has 118 valence electrons. The summed E-state index contributed by atoms with van der Waals surface area (Å²) in [6, 6.07) is 1.70. The van der Waals surface area contributed by atoms with Crippen LogP contribution in [-0.2, 0) is 0 Å². The van der Waals surface area contributed by atoms with Gasteiger partial charge in [-0.05, 0) is 71.0 Å². The van der Waals surface area contributed by atoms with E-state index in [4.69, 9.17) is 0 Å². The van der Waals surface area contributed by atoms with Crippen molar-refractivity contribution in [1.29, 1.82) is 0 Å². The van der Waals surface area contributed by atoms with Gasteiger partial charge >= 0.3 is 0 Å². The summed E-state index contributed by atoms with van der Waals surface area (Å²) in [5.74, 6) is 1.02. The van der Waals surface area contributed by atoms with Crippen LogP contribution in [0, 0.1) is 5.92 Å². The number of rotatable bonds is 7. The average molecular weight is 280 g/mol. The van der Waals surface area contributed by atoms with Gasteiger partial charge < -0.3 is 10.2 Å². The van der Waals surface area contributed by atoms with Crippen molar-refractivity contribution in [3.8, 4) is 0 Å². The van der Waals surface area contributed by atoms with E-state index in [1.165, 1.54) is 83.7 Å². The maximum Gasteiger partial charge on any atom is 0.00922 e. The third-order valence-electron chi connectivity index (χ3n) is 5.74. The molecule has 2 fully saturated rings. The van der Waals surface area contributed by atoms with E-state index in [1.807, 2.05) is 0 Å². The van der Waals surface area contributed by atoms with Crippen LogP contribution in [0.1, 0.15) is 77.6 Å². The van der Waals surface area contributed by atoms with Crippen LogP contribution in [0.15, 0.2) is 0 Å². The quantitative estimate of drug-likeness (QED) is 0.703. The predicted molar refractivity (Wildman–Crippen MR) is 88.2 cm³/mol. The Morgan fingerprint density at radius 3 is 2.30 bits per heavy atom. The van der Waals surface area contributed by atoms with Gasteiger partial charge in [-0.1, -0.05) is 32.6 Å². The summed E-state index contributed by atoms with van der Waals surface area (Å²) in [7, 11) is 2.34. The van der Waals surface area contributed by atoms with Gasteiger partial charge in [0.1, 0.15) is 0 Å². The first-order valence-corrected chi connectivity index (χ1v) is 9.23. The largest absolute Gasteiger partial charge is 0.314 e. The molecule has 2 rings (SSSR count). The van der Waals surface area contributed by atoms with Crippen LogP contribution in [-0.4, -0.2) is 37.1 Å². The Morgan fingerprint density at radius 2 is 1.65 bits per heavy atom. The number of hydrogen-bond donors (Lipinski definition) is 1. The van der Waals surface area contributed by atoms with Crippen molar-refractivity contribution in [3.63, 3.8) is 0 Å². The van der Waals surface area contributed by atoms with E-state index in [1.54, 1.807) is 0 Å². The first-order valence-electron chi connectivity index (χ1n) is 9.23. The van der Waals surface area contributed by atoms with Crippen molar-refractivity contribution >= 4 is 0 Å². The van der Waals surface area contributed by atoms with Crippen LogP contribution in [0.25, 0.3) is 0 Å². The summed E-state index contributed by atoms with van der Waals surface area (Å²) in [4.78, 5) is 2.62. The summed E-state index contributed by atoms with van der Waals surface area (Å²) >= 11 is 0. The van der Waals surface area contributed by atoms with Gasteiger partial charge in [0.15, 0.2) is 0 Å². The lowest BCUT2D eigenvalue weighted by Crippen LogP contribution is -2.37. The monoisotopic (exact) mass is 280 g/mol. The Balaban J connectivity index is 1.51. The minimum absolute atomic E-state index is 0.817. The fourth-order valence-corrected chi connectivity index (χ4v) is 4.11. The molecule has 2 aliphatic rings. The minimum atomic E-state index is 0.817.